The van der Waals surface area contributed by atoms with Gasteiger partial charge in [-0.2, -0.15) is 0 Å². The Balaban J connectivity index is 2.29. The molecule has 0 spiro atoms. The van der Waals surface area contributed by atoms with Crippen LogP contribution in [0.15, 0.2) is 36.4 Å². The van der Waals surface area contributed by atoms with Crippen LogP contribution in [0.25, 0.3) is 0 Å². The minimum atomic E-state index is -1.25. The van der Waals surface area contributed by atoms with Crippen LogP contribution in [0.4, 0.5) is 8.78 Å². The van der Waals surface area contributed by atoms with Gasteiger partial charge in [0.25, 0.3) is 0 Å². The van der Waals surface area contributed by atoms with Crippen molar-refractivity contribution in [2.45, 2.75) is 25.9 Å². The smallest absolute Gasteiger partial charge is 0.141 e. The molecule has 0 heterocycles. The van der Waals surface area contributed by atoms with E-state index in [1.54, 1.807) is 32.0 Å². The number of rotatable bonds is 3. The van der Waals surface area contributed by atoms with E-state index in [9.17, 15) is 13.9 Å². The molecule has 4 heteroatoms. The van der Waals surface area contributed by atoms with Gasteiger partial charge in [0.2, 0.25) is 0 Å². The molecule has 1 nitrogen and oxygen atoms in total. The van der Waals surface area contributed by atoms with Crippen molar-refractivity contribution in [1.82, 2.24) is 0 Å². The fraction of sp³-hybridized carbons (Fsp3) is 0.250. The molecule has 1 atom stereocenters. The second kappa shape index (κ2) is 5.51. The molecule has 0 saturated heterocycles. The van der Waals surface area contributed by atoms with Gasteiger partial charge in [-0.25, -0.2) is 8.78 Å². The maximum Gasteiger partial charge on any atom is 0.141 e. The largest absolute Gasteiger partial charge is 0.385 e. The Morgan fingerprint density at radius 3 is 2.40 bits per heavy atom. The summed E-state index contributed by atoms with van der Waals surface area (Å²) in [7, 11) is 0. The molecule has 0 aliphatic carbocycles. The number of hydrogen-bond donors (Lipinski definition) is 1. The van der Waals surface area contributed by atoms with Crippen molar-refractivity contribution < 1.29 is 13.9 Å². The maximum atomic E-state index is 13.6. The van der Waals surface area contributed by atoms with Gasteiger partial charge in [0.05, 0.1) is 10.6 Å². The lowest BCUT2D eigenvalue weighted by molar-refractivity contribution is 0.0572. The van der Waals surface area contributed by atoms with Crippen LogP contribution in [0.1, 0.15) is 23.6 Å². The lowest BCUT2D eigenvalue weighted by atomic mass is 9.88. The van der Waals surface area contributed by atoms with E-state index in [1.165, 1.54) is 18.2 Å². The third-order valence-electron chi connectivity index (χ3n) is 3.33. The molecule has 0 aromatic heterocycles. The Morgan fingerprint density at radius 1 is 1.10 bits per heavy atom. The summed E-state index contributed by atoms with van der Waals surface area (Å²) in [5, 5.41) is 10.5. The number of halogens is 3. The fourth-order valence-electron chi connectivity index (χ4n) is 2.08. The number of hydrogen-bond acceptors (Lipinski definition) is 1. The molecule has 0 fully saturated rings. The average Bonchev–Trinajstić information content (AvgIpc) is 2.37. The summed E-state index contributed by atoms with van der Waals surface area (Å²) < 4.78 is 26.7. The fourth-order valence-corrected chi connectivity index (χ4v) is 2.28. The lowest BCUT2D eigenvalue weighted by Crippen LogP contribution is -2.24. The Bertz CT molecular complexity index is 638. The summed E-state index contributed by atoms with van der Waals surface area (Å²) in [6.45, 7) is 3.25. The van der Waals surface area contributed by atoms with E-state index in [0.717, 1.165) is 0 Å². The van der Waals surface area contributed by atoms with Crippen molar-refractivity contribution in [3.05, 3.63) is 69.7 Å². The van der Waals surface area contributed by atoms with Gasteiger partial charge in [0.1, 0.15) is 11.6 Å². The Labute approximate surface area is 121 Å². The van der Waals surface area contributed by atoms with Crippen LogP contribution in [-0.2, 0) is 12.0 Å². The molecule has 0 bridgehead atoms. The van der Waals surface area contributed by atoms with Gasteiger partial charge in [-0.3, -0.25) is 0 Å². The van der Waals surface area contributed by atoms with E-state index in [2.05, 4.69) is 0 Å². The monoisotopic (exact) mass is 296 g/mol. The van der Waals surface area contributed by atoms with E-state index < -0.39 is 11.4 Å². The predicted molar refractivity (Wildman–Crippen MR) is 75.8 cm³/mol. The summed E-state index contributed by atoms with van der Waals surface area (Å²) in [5.74, 6) is -0.864. The second-order valence-corrected chi connectivity index (χ2v) is 5.57. The number of benzene rings is 2. The van der Waals surface area contributed by atoms with Crippen LogP contribution < -0.4 is 0 Å². The van der Waals surface area contributed by atoms with Gasteiger partial charge < -0.3 is 5.11 Å². The van der Waals surface area contributed by atoms with Crippen molar-refractivity contribution in [2.75, 3.05) is 0 Å². The van der Waals surface area contributed by atoms with Crippen LogP contribution >= 0.6 is 11.6 Å². The average molecular weight is 297 g/mol. The first-order valence-corrected chi connectivity index (χ1v) is 6.60. The first-order valence-electron chi connectivity index (χ1n) is 6.22. The van der Waals surface area contributed by atoms with Crippen molar-refractivity contribution in [3.8, 4) is 0 Å². The summed E-state index contributed by atoms with van der Waals surface area (Å²) >= 11 is 5.72. The molecule has 2 aromatic carbocycles. The zero-order valence-corrected chi connectivity index (χ0v) is 12.0. The Hall–Kier alpha value is -1.45. The SMILES string of the molecule is Cc1ccc(C(C)(O)Cc2ccc(F)c(Cl)c2)cc1F. The van der Waals surface area contributed by atoms with E-state index >= 15 is 0 Å². The molecule has 1 unspecified atom stereocenters. The molecular formula is C16H15ClF2O. The lowest BCUT2D eigenvalue weighted by Gasteiger charge is -2.24. The Kier molecular flexibility index (Phi) is 4.11. The first kappa shape index (κ1) is 14.9. The zero-order valence-electron chi connectivity index (χ0n) is 11.3. The van der Waals surface area contributed by atoms with Gasteiger partial charge in [0, 0.05) is 6.42 Å². The Morgan fingerprint density at radius 2 is 1.80 bits per heavy atom. The highest BCUT2D eigenvalue weighted by Crippen LogP contribution is 2.28. The predicted octanol–water partition coefficient (Wildman–Crippen LogP) is 4.38. The van der Waals surface area contributed by atoms with Gasteiger partial charge in [-0.15, -0.1) is 0 Å². The molecule has 106 valence electrons. The summed E-state index contributed by atoms with van der Waals surface area (Å²) in [4.78, 5) is 0. The van der Waals surface area contributed by atoms with E-state index in [4.69, 9.17) is 11.6 Å². The molecule has 0 aliphatic rings. The van der Waals surface area contributed by atoms with E-state index in [1.807, 2.05) is 0 Å². The summed E-state index contributed by atoms with van der Waals surface area (Å²) in [6, 6.07) is 8.90. The molecule has 1 N–H and O–H groups in total. The molecule has 0 saturated carbocycles. The molecule has 0 aliphatic heterocycles. The normalized spacial score (nSPS) is 14.1. The summed E-state index contributed by atoms with van der Waals surface area (Å²) in [5.41, 5.74) is 0.424. The van der Waals surface area contributed by atoms with Crippen LogP contribution in [-0.4, -0.2) is 5.11 Å². The second-order valence-electron chi connectivity index (χ2n) is 5.16. The maximum absolute atomic E-state index is 13.6. The highest BCUT2D eigenvalue weighted by molar-refractivity contribution is 6.30. The third kappa shape index (κ3) is 3.17. The molecule has 2 rings (SSSR count). The minimum absolute atomic E-state index is 0.00777. The van der Waals surface area contributed by atoms with Gasteiger partial charge in [-0.05, 0) is 48.7 Å². The molecule has 0 radical (unpaired) electrons. The van der Waals surface area contributed by atoms with Crippen LogP contribution in [0.2, 0.25) is 5.02 Å². The molecule has 20 heavy (non-hydrogen) atoms. The van der Waals surface area contributed by atoms with Crippen LogP contribution in [0.3, 0.4) is 0 Å². The highest BCUT2D eigenvalue weighted by Gasteiger charge is 2.24. The highest BCUT2D eigenvalue weighted by atomic mass is 35.5. The van der Waals surface area contributed by atoms with Crippen molar-refractivity contribution in [1.29, 1.82) is 0 Å². The van der Waals surface area contributed by atoms with Crippen LogP contribution in [0.5, 0.6) is 0 Å². The topological polar surface area (TPSA) is 20.2 Å². The zero-order chi connectivity index (χ0) is 14.9. The minimum Gasteiger partial charge on any atom is -0.385 e. The molecular weight excluding hydrogens is 282 g/mol. The number of aryl methyl sites for hydroxylation is 1. The van der Waals surface area contributed by atoms with Gasteiger partial charge >= 0.3 is 0 Å². The van der Waals surface area contributed by atoms with Crippen molar-refractivity contribution in [3.63, 3.8) is 0 Å². The van der Waals surface area contributed by atoms with Crippen molar-refractivity contribution in [2.24, 2.45) is 0 Å². The van der Waals surface area contributed by atoms with Gasteiger partial charge in [-0.1, -0.05) is 29.8 Å². The first-order chi connectivity index (χ1) is 9.29. The standard InChI is InChI=1S/C16H15ClF2O/c1-10-3-5-12(8-15(10)19)16(2,20)9-11-4-6-14(18)13(17)7-11/h3-8,20H,9H2,1-2H3. The van der Waals surface area contributed by atoms with Crippen molar-refractivity contribution >= 4 is 11.6 Å². The van der Waals surface area contributed by atoms with E-state index in [0.29, 0.717) is 16.7 Å². The molecule has 0 amide bonds. The quantitative estimate of drug-likeness (QED) is 0.891. The van der Waals surface area contributed by atoms with Gasteiger partial charge in [0.15, 0.2) is 0 Å². The third-order valence-corrected chi connectivity index (χ3v) is 3.62. The summed E-state index contributed by atoms with van der Waals surface area (Å²) in [6.07, 6.45) is 0.218. The van der Waals surface area contributed by atoms with E-state index in [-0.39, 0.29) is 17.3 Å². The van der Waals surface area contributed by atoms with Crippen LogP contribution in [0, 0.1) is 18.6 Å². The number of aliphatic hydroxyl groups is 1. The molecule has 2 aromatic rings.